The Balaban J connectivity index is 0.00000541. The number of carboxylic acids is 1. The molecule has 0 atom stereocenters. The molecule has 53 heavy (non-hydrogen) atoms. The van der Waals surface area contributed by atoms with Crippen molar-refractivity contribution >= 4 is 46.4 Å². The number of carbonyl (C=O) groups excluding carboxylic acids is 1. The monoisotopic (exact) mass is 738 g/mol. The molecular formula is C43H51ClN4O5. The number of para-hydroxylation sites is 3. The van der Waals surface area contributed by atoms with E-state index in [1.165, 1.54) is 11.1 Å². The van der Waals surface area contributed by atoms with E-state index in [0.29, 0.717) is 43.0 Å². The van der Waals surface area contributed by atoms with Crippen molar-refractivity contribution in [2.45, 2.75) is 52.1 Å². The Morgan fingerprint density at radius 2 is 1.55 bits per heavy atom. The maximum Gasteiger partial charge on any atom is 0.303 e. The molecule has 0 amide bonds. The fraction of sp³-hybridized carbons (Fsp3) is 0.349. The van der Waals surface area contributed by atoms with Gasteiger partial charge in [-0.15, -0.1) is 12.4 Å². The molecule has 9 nitrogen and oxygen atoms in total. The first-order chi connectivity index (χ1) is 25.4. The minimum absolute atomic E-state index is 0. The van der Waals surface area contributed by atoms with Gasteiger partial charge in [0.1, 0.15) is 11.5 Å². The van der Waals surface area contributed by atoms with Crippen LogP contribution in [0.5, 0.6) is 11.5 Å². The lowest BCUT2D eigenvalue weighted by Gasteiger charge is -2.36. The lowest BCUT2D eigenvalue weighted by molar-refractivity contribution is -0.137. The smallest absolute Gasteiger partial charge is 0.303 e. The van der Waals surface area contributed by atoms with Gasteiger partial charge in [0.15, 0.2) is 5.78 Å². The number of nitrogens with zero attached hydrogens (tertiary/aromatic N) is 3. The Hall–Kier alpha value is -4.99. The molecule has 1 fully saturated rings. The zero-order valence-corrected chi connectivity index (χ0v) is 31.6. The number of hydrogen-bond acceptors (Lipinski definition) is 7. The molecule has 6 rings (SSSR count). The van der Waals surface area contributed by atoms with Crippen LogP contribution in [0.15, 0.2) is 97.2 Å². The third-order valence-electron chi connectivity index (χ3n) is 9.91. The number of carbonyl (C=O) groups is 2. The predicted octanol–water partition coefficient (Wildman–Crippen LogP) is 8.32. The summed E-state index contributed by atoms with van der Waals surface area (Å²) < 4.78 is 14.0. The van der Waals surface area contributed by atoms with Crippen molar-refractivity contribution in [1.82, 2.24) is 9.47 Å². The maximum absolute atomic E-state index is 14.1. The minimum atomic E-state index is -0.824. The zero-order valence-electron chi connectivity index (χ0n) is 30.8. The number of unbranched alkanes of at least 4 members (excludes halogenated alkanes) is 1. The number of halogens is 1. The molecule has 0 radical (unpaired) electrons. The quantitative estimate of drug-likeness (QED) is 0.0685. The van der Waals surface area contributed by atoms with Gasteiger partial charge >= 0.3 is 5.97 Å². The number of piperazine rings is 1. The Bertz CT molecular complexity index is 1950. The van der Waals surface area contributed by atoms with Crippen LogP contribution in [0.3, 0.4) is 0 Å². The highest BCUT2D eigenvalue weighted by Gasteiger charge is 2.21. The summed E-state index contributed by atoms with van der Waals surface area (Å²) in [4.78, 5) is 30.1. The summed E-state index contributed by atoms with van der Waals surface area (Å²) in [7, 11) is 1.73. The molecule has 0 bridgehead atoms. The molecule has 10 heteroatoms. The third kappa shape index (κ3) is 10.1. The fourth-order valence-electron chi connectivity index (χ4n) is 6.91. The second kappa shape index (κ2) is 19.2. The fourth-order valence-corrected chi connectivity index (χ4v) is 6.91. The average molecular weight is 739 g/mol. The number of anilines is 2. The number of fused-ring (bicyclic) bond motifs is 1. The molecule has 280 valence electrons. The number of methoxy groups -OCH3 is 1. The van der Waals surface area contributed by atoms with E-state index in [-0.39, 0.29) is 24.6 Å². The Morgan fingerprint density at radius 1 is 0.811 bits per heavy atom. The van der Waals surface area contributed by atoms with Gasteiger partial charge in [-0.1, -0.05) is 61.5 Å². The van der Waals surface area contributed by atoms with Gasteiger partial charge in [-0.05, 0) is 79.8 Å². The van der Waals surface area contributed by atoms with Crippen molar-refractivity contribution in [3.05, 3.63) is 119 Å². The standard InChI is InChI=1S/C43H50N4O5.ClH/c1-3-32-16-18-33(19-17-32)30-44-37-21-20-34(43(50)36-31-47(23-10-15-42(48)49)38-12-5-4-11-35(36)38)29-41(37)52-28-9-8-22-45-24-26-46(27-25-45)39-13-6-7-14-40(39)51-2;/h4-7,11-14,16-21,29,31,44H,3,8-10,15,22-28,30H2,1-2H3,(H,48,49);1H. The summed E-state index contributed by atoms with van der Waals surface area (Å²) in [6.07, 6.45) is 5.33. The van der Waals surface area contributed by atoms with Gasteiger partial charge in [-0.2, -0.15) is 0 Å². The van der Waals surface area contributed by atoms with E-state index in [2.05, 4.69) is 58.4 Å². The highest BCUT2D eigenvalue weighted by Crippen LogP contribution is 2.31. The SMILES string of the molecule is CCc1ccc(CNc2ccc(C(=O)c3cn(CCCC(=O)O)c4ccccc34)cc2OCCCCN2CCN(c3ccccc3OC)CC2)cc1.Cl. The molecule has 2 N–H and O–H groups in total. The van der Waals surface area contributed by atoms with E-state index in [9.17, 15) is 9.59 Å². The third-order valence-corrected chi connectivity index (χ3v) is 9.91. The first kappa shape index (κ1) is 39.2. The molecule has 0 spiro atoms. The van der Waals surface area contributed by atoms with Crippen molar-refractivity contribution in [3.8, 4) is 11.5 Å². The van der Waals surface area contributed by atoms with Crippen LogP contribution in [0.1, 0.15) is 59.7 Å². The highest BCUT2D eigenvalue weighted by atomic mass is 35.5. The Kier molecular flexibility index (Phi) is 14.2. The summed E-state index contributed by atoms with van der Waals surface area (Å²) >= 11 is 0. The number of benzene rings is 4. The number of nitrogens with one attached hydrogen (secondary N) is 1. The number of aromatic nitrogens is 1. The van der Waals surface area contributed by atoms with Crippen LogP contribution in [0.25, 0.3) is 10.9 Å². The van der Waals surface area contributed by atoms with E-state index >= 15 is 0 Å². The van der Waals surface area contributed by atoms with Crippen molar-refractivity contribution < 1.29 is 24.2 Å². The molecule has 1 aliphatic rings. The molecule has 5 aromatic rings. The molecule has 1 saturated heterocycles. The second-order valence-corrected chi connectivity index (χ2v) is 13.4. The van der Waals surface area contributed by atoms with Crippen molar-refractivity contribution in [1.29, 1.82) is 0 Å². The molecule has 1 aliphatic heterocycles. The molecule has 1 aromatic heterocycles. The van der Waals surface area contributed by atoms with Gasteiger partial charge in [0, 0.05) is 73.9 Å². The Morgan fingerprint density at radius 3 is 2.30 bits per heavy atom. The van der Waals surface area contributed by atoms with E-state index in [1.54, 1.807) is 7.11 Å². The van der Waals surface area contributed by atoms with Crippen LogP contribution in [-0.4, -0.2) is 72.8 Å². The first-order valence-electron chi connectivity index (χ1n) is 18.5. The largest absolute Gasteiger partial charge is 0.495 e. The molecule has 0 unspecified atom stereocenters. The number of aliphatic carboxylic acids is 1. The summed E-state index contributed by atoms with van der Waals surface area (Å²) in [5.41, 5.74) is 6.54. The number of hydrogen-bond donors (Lipinski definition) is 2. The molecule has 0 aliphatic carbocycles. The van der Waals surface area contributed by atoms with Crippen LogP contribution >= 0.6 is 12.4 Å². The predicted molar refractivity (Wildman–Crippen MR) is 215 cm³/mol. The number of carboxylic acid groups (broad SMARTS) is 1. The topological polar surface area (TPSA) is 96.3 Å². The molecule has 4 aromatic carbocycles. The zero-order chi connectivity index (χ0) is 36.3. The van der Waals surface area contributed by atoms with Gasteiger partial charge in [0.25, 0.3) is 0 Å². The van der Waals surface area contributed by atoms with Gasteiger partial charge in [-0.25, -0.2) is 0 Å². The van der Waals surface area contributed by atoms with E-state index < -0.39 is 5.97 Å². The van der Waals surface area contributed by atoms with Crippen molar-refractivity contribution in [2.75, 3.05) is 56.7 Å². The second-order valence-electron chi connectivity index (χ2n) is 13.4. The first-order valence-corrected chi connectivity index (χ1v) is 18.5. The van der Waals surface area contributed by atoms with Crippen LogP contribution in [0.2, 0.25) is 0 Å². The molecular weight excluding hydrogens is 688 g/mol. The lowest BCUT2D eigenvalue weighted by Crippen LogP contribution is -2.46. The number of aryl methyl sites for hydroxylation is 2. The lowest BCUT2D eigenvalue weighted by atomic mass is 10.0. The number of ether oxygens (including phenoxy) is 2. The van der Waals surface area contributed by atoms with E-state index in [0.717, 1.165) is 80.0 Å². The minimum Gasteiger partial charge on any atom is -0.495 e. The van der Waals surface area contributed by atoms with Crippen molar-refractivity contribution in [3.63, 3.8) is 0 Å². The summed E-state index contributed by atoms with van der Waals surface area (Å²) in [5.74, 6) is 0.663. The summed E-state index contributed by atoms with van der Waals surface area (Å²) in [6.45, 7) is 8.81. The Labute approximate surface area is 318 Å². The van der Waals surface area contributed by atoms with Crippen LogP contribution in [0, 0.1) is 0 Å². The normalized spacial score (nSPS) is 13.1. The van der Waals surface area contributed by atoms with Crippen LogP contribution in [-0.2, 0) is 24.3 Å². The number of ketones is 1. The summed E-state index contributed by atoms with van der Waals surface area (Å²) in [6, 6.07) is 30.3. The molecule has 0 saturated carbocycles. The highest BCUT2D eigenvalue weighted by molar-refractivity contribution is 6.16. The molecule has 2 heterocycles. The van der Waals surface area contributed by atoms with E-state index in [4.69, 9.17) is 14.6 Å². The van der Waals surface area contributed by atoms with E-state index in [1.807, 2.05) is 65.4 Å². The van der Waals surface area contributed by atoms with Gasteiger partial charge in [-0.3, -0.25) is 14.5 Å². The van der Waals surface area contributed by atoms with Gasteiger partial charge in [0.05, 0.1) is 25.1 Å². The van der Waals surface area contributed by atoms with Crippen LogP contribution in [0.4, 0.5) is 11.4 Å². The van der Waals surface area contributed by atoms with Crippen LogP contribution < -0.4 is 19.7 Å². The van der Waals surface area contributed by atoms with Crippen molar-refractivity contribution in [2.24, 2.45) is 0 Å². The van der Waals surface area contributed by atoms with Gasteiger partial charge < -0.3 is 29.4 Å². The maximum atomic E-state index is 14.1. The van der Waals surface area contributed by atoms with Gasteiger partial charge in [0.2, 0.25) is 0 Å². The summed E-state index contributed by atoms with van der Waals surface area (Å²) in [5, 5.41) is 13.5. The average Bonchev–Trinajstić information content (AvgIpc) is 3.55. The number of rotatable bonds is 18.